The number of benzene rings is 2. The molecule has 1 amide bonds. The number of hydrogen-bond acceptors (Lipinski definition) is 5. The van der Waals surface area contributed by atoms with Crippen LogP contribution in [-0.2, 0) is 4.79 Å². The fourth-order valence-corrected chi connectivity index (χ4v) is 2.85. The number of methoxy groups -OCH3 is 1. The minimum Gasteiger partial charge on any atom is -0.508 e. The standard InChI is InChI=1S/C17H14N2O3S/c1-22-14-4-2-3-11(9-14)10-15-16(21)19-17(23-15)18-12-5-7-13(20)8-6-12/h2-10,20H,1H3,(H,18,19,21)/b15-10+. The number of aliphatic imine (C=N–C) groups is 1. The first-order chi connectivity index (χ1) is 11.1. The average molecular weight is 326 g/mol. The van der Waals surface area contributed by atoms with Crippen LogP contribution in [0.1, 0.15) is 5.56 Å². The average Bonchev–Trinajstić information content (AvgIpc) is 2.89. The highest BCUT2D eigenvalue weighted by Gasteiger charge is 2.23. The third-order valence-electron chi connectivity index (χ3n) is 3.12. The lowest BCUT2D eigenvalue weighted by molar-refractivity contribution is -0.115. The number of phenolic OH excluding ortho intramolecular Hbond substituents is 1. The molecule has 2 N–H and O–H groups in total. The van der Waals surface area contributed by atoms with Crippen LogP contribution < -0.4 is 10.1 Å². The van der Waals surface area contributed by atoms with Crippen molar-refractivity contribution in [3.8, 4) is 11.5 Å². The fourth-order valence-electron chi connectivity index (χ4n) is 2.01. The summed E-state index contributed by atoms with van der Waals surface area (Å²) in [5.74, 6) is 0.728. The van der Waals surface area contributed by atoms with E-state index in [0.717, 1.165) is 11.3 Å². The summed E-state index contributed by atoms with van der Waals surface area (Å²) in [7, 11) is 1.60. The van der Waals surface area contributed by atoms with Crippen LogP contribution in [0.25, 0.3) is 6.08 Å². The maximum Gasteiger partial charge on any atom is 0.264 e. The highest BCUT2D eigenvalue weighted by Crippen LogP contribution is 2.29. The number of rotatable bonds is 3. The molecule has 0 bridgehead atoms. The molecule has 23 heavy (non-hydrogen) atoms. The first-order valence-corrected chi connectivity index (χ1v) is 7.68. The first-order valence-electron chi connectivity index (χ1n) is 6.87. The number of ether oxygens (including phenoxy) is 1. The lowest BCUT2D eigenvalue weighted by atomic mass is 10.2. The molecule has 1 aliphatic rings. The van der Waals surface area contributed by atoms with Gasteiger partial charge in [-0.1, -0.05) is 12.1 Å². The normalized spacial score (nSPS) is 17.5. The second kappa shape index (κ2) is 6.58. The second-order valence-electron chi connectivity index (χ2n) is 4.77. The molecule has 0 aliphatic carbocycles. The molecule has 116 valence electrons. The van der Waals surface area contributed by atoms with Crippen molar-refractivity contribution >= 4 is 34.6 Å². The predicted molar refractivity (Wildman–Crippen MR) is 91.9 cm³/mol. The number of phenols is 1. The van der Waals surface area contributed by atoms with E-state index in [0.29, 0.717) is 15.8 Å². The molecular weight excluding hydrogens is 312 g/mol. The summed E-state index contributed by atoms with van der Waals surface area (Å²) in [5.41, 5.74) is 1.54. The van der Waals surface area contributed by atoms with Gasteiger partial charge < -0.3 is 15.2 Å². The molecule has 1 heterocycles. The molecule has 5 nitrogen and oxygen atoms in total. The second-order valence-corrected chi connectivity index (χ2v) is 5.81. The zero-order valence-corrected chi connectivity index (χ0v) is 13.1. The lowest BCUT2D eigenvalue weighted by Crippen LogP contribution is -2.19. The van der Waals surface area contributed by atoms with Crippen molar-refractivity contribution in [2.45, 2.75) is 0 Å². The third-order valence-corrected chi connectivity index (χ3v) is 4.03. The molecule has 0 saturated carbocycles. The number of amidine groups is 1. The first kappa shape index (κ1) is 15.2. The summed E-state index contributed by atoms with van der Waals surface area (Å²) >= 11 is 1.27. The molecular formula is C17H14N2O3S. The summed E-state index contributed by atoms with van der Waals surface area (Å²) in [6.45, 7) is 0. The molecule has 2 aromatic carbocycles. The molecule has 0 aromatic heterocycles. The number of aromatic hydroxyl groups is 1. The quantitative estimate of drug-likeness (QED) is 0.849. The Bertz CT molecular complexity index is 798. The molecule has 0 atom stereocenters. The van der Waals surface area contributed by atoms with Crippen LogP contribution >= 0.6 is 11.8 Å². The zero-order valence-electron chi connectivity index (χ0n) is 12.3. The Morgan fingerprint density at radius 1 is 1.22 bits per heavy atom. The molecule has 1 aliphatic heterocycles. The zero-order chi connectivity index (χ0) is 16.2. The van der Waals surface area contributed by atoms with Crippen molar-refractivity contribution in [3.63, 3.8) is 0 Å². The van der Waals surface area contributed by atoms with Gasteiger partial charge in [0.15, 0.2) is 5.17 Å². The van der Waals surface area contributed by atoms with Crippen molar-refractivity contribution in [1.82, 2.24) is 5.32 Å². The maximum absolute atomic E-state index is 12.0. The van der Waals surface area contributed by atoms with Gasteiger partial charge >= 0.3 is 0 Å². The number of hydrogen-bond donors (Lipinski definition) is 2. The van der Waals surface area contributed by atoms with Crippen LogP contribution in [0, 0.1) is 0 Å². The number of carbonyl (C=O) groups excluding carboxylic acids is 1. The van der Waals surface area contributed by atoms with Gasteiger partial charge in [0, 0.05) is 0 Å². The van der Waals surface area contributed by atoms with Crippen LogP contribution in [-0.4, -0.2) is 23.3 Å². The summed E-state index contributed by atoms with van der Waals surface area (Å²) in [4.78, 5) is 16.9. The van der Waals surface area contributed by atoms with Gasteiger partial charge in [-0.25, -0.2) is 4.99 Å². The van der Waals surface area contributed by atoms with Crippen LogP contribution in [0.3, 0.4) is 0 Å². The summed E-state index contributed by atoms with van der Waals surface area (Å²) < 4.78 is 5.18. The van der Waals surface area contributed by atoms with E-state index < -0.39 is 0 Å². The molecule has 0 radical (unpaired) electrons. The van der Waals surface area contributed by atoms with Crippen LogP contribution in [0.5, 0.6) is 11.5 Å². The number of thioether (sulfide) groups is 1. The minimum atomic E-state index is -0.185. The van der Waals surface area contributed by atoms with Gasteiger partial charge in [0.05, 0.1) is 17.7 Å². The number of nitrogens with one attached hydrogen (secondary N) is 1. The summed E-state index contributed by atoms with van der Waals surface area (Å²) in [5, 5.41) is 12.5. The minimum absolute atomic E-state index is 0.177. The van der Waals surface area contributed by atoms with E-state index in [2.05, 4.69) is 10.3 Å². The Morgan fingerprint density at radius 3 is 2.74 bits per heavy atom. The van der Waals surface area contributed by atoms with E-state index in [4.69, 9.17) is 4.74 Å². The van der Waals surface area contributed by atoms with Crippen LogP contribution in [0.4, 0.5) is 5.69 Å². The monoisotopic (exact) mass is 326 g/mol. The van der Waals surface area contributed by atoms with Crippen molar-refractivity contribution < 1.29 is 14.6 Å². The Hall–Kier alpha value is -2.73. The number of amides is 1. The van der Waals surface area contributed by atoms with Crippen molar-refractivity contribution in [2.75, 3.05) is 7.11 Å². The van der Waals surface area contributed by atoms with Gasteiger partial charge in [-0.15, -0.1) is 0 Å². The Morgan fingerprint density at radius 2 is 2.00 bits per heavy atom. The summed E-state index contributed by atoms with van der Waals surface area (Å²) in [6.07, 6.45) is 1.79. The third kappa shape index (κ3) is 3.73. The van der Waals surface area contributed by atoms with Gasteiger partial charge in [0.2, 0.25) is 0 Å². The van der Waals surface area contributed by atoms with Gasteiger partial charge in [-0.3, -0.25) is 4.79 Å². The molecule has 1 fully saturated rings. The van der Waals surface area contributed by atoms with E-state index >= 15 is 0 Å². The molecule has 2 aromatic rings. The maximum atomic E-state index is 12.0. The highest BCUT2D eigenvalue weighted by atomic mass is 32.2. The molecule has 3 rings (SSSR count). The largest absolute Gasteiger partial charge is 0.508 e. The van der Waals surface area contributed by atoms with Gasteiger partial charge in [0.1, 0.15) is 11.5 Å². The number of nitrogens with zero attached hydrogens (tertiary/aromatic N) is 1. The molecule has 0 spiro atoms. The van der Waals surface area contributed by atoms with E-state index in [9.17, 15) is 9.90 Å². The fraction of sp³-hybridized carbons (Fsp3) is 0.0588. The van der Waals surface area contributed by atoms with Gasteiger partial charge in [-0.05, 0) is 59.8 Å². The topological polar surface area (TPSA) is 70.9 Å². The van der Waals surface area contributed by atoms with E-state index in [1.54, 1.807) is 37.5 Å². The Kier molecular flexibility index (Phi) is 4.34. The molecule has 0 unspecified atom stereocenters. The van der Waals surface area contributed by atoms with Crippen molar-refractivity contribution in [3.05, 3.63) is 59.0 Å². The van der Waals surface area contributed by atoms with Crippen LogP contribution in [0.15, 0.2) is 58.4 Å². The van der Waals surface area contributed by atoms with E-state index in [-0.39, 0.29) is 11.7 Å². The molecule has 6 heteroatoms. The highest BCUT2D eigenvalue weighted by molar-refractivity contribution is 8.18. The van der Waals surface area contributed by atoms with Gasteiger partial charge in [-0.2, -0.15) is 0 Å². The number of carbonyl (C=O) groups is 1. The SMILES string of the molecule is COc1cccc(/C=C2/SC(=Nc3ccc(O)cc3)NC2=O)c1. The van der Waals surface area contributed by atoms with Crippen molar-refractivity contribution in [2.24, 2.45) is 4.99 Å². The predicted octanol–water partition coefficient (Wildman–Crippen LogP) is 3.29. The van der Waals surface area contributed by atoms with E-state index in [1.807, 2.05) is 24.3 Å². The van der Waals surface area contributed by atoms with Crippen LogP contribution in [0.2, 0.25) is 0 Å². The Balaban J connectivity index is 1.81. The van der Waals surface area contributed by atoms with Gasteiger partial charge in [0.25, 0.3) is 5.91 Å². The molecule has 1 saturated heterocycles. The Labute approximate surface area is 137 Å². The summed E-state index contributed by atoms with van der Waals surface area (Å²) in [6, 6.07) is 13.9. The smallest absolute Gasteiger partial charge is 0.264 e. The van der Waals surface area contributed by atoms with Crippen molar-refractivity contribution in [1.29, 1.82) is 0 Å². The van der Waals surface area contributed by atoms with E-state index in [1.165, 1.54) is 11.8 Å². The lowest BCUT2D eigenvalue weighted by Gasteiger charge is -2.00.